The van der Waals surface area contributed by atoms with E-state index in [0.29, 0.717) is 0 Å². The molecule has 0 bridgehead atoms. The number of benzene rings is 3. The van der Waals surface area contributed by atoms with Crippen LogP contribution in [0.5, 0.6) is 0 Å². The predicted octanol–water partition coefficient (Wildman–Crippen LogP) is 6.26. The van der Waals surface area contributed by atoms with Crippen LogP contribution in [-0.4, -0.2) is 40.8 Å². The lowest BCUT2D eigenvalue weighted by atomic mass is 9.83. The van der Waals surface area contributed by atoms with Crippen molar-refractivity contribution in [3.63, 3.8) is 0 Å². The molecule has 1 aliphatic heterocycles. The number of ketones is 1. The summed E-state index contributed by atoms with van der Waals surface area (Å²) >= 11 is 0. The quantitative estimate of drug-likeness (QED) is 0.355. The van der Waals surface area contributed by atoms with Crippen molar-refractivity contribution in [1.82, 2.24) is 10.2 Å². The molecule has 0 aliphatic carbocycles. The molecule has 3 aromatic carbocycles. The maximum absolute atomic E-state index is 15.2. The molecular weight excluding hydrogens is 517 g/mol. The fourth-order valence-corrected chi connectivity index (χ4v) is 4.91. The van der Waals surface area contributed by atoms with E-state index in [4.69, 9.17) is 0 Å². The van der Waals surface area contributed by atoms with Crippen molar-refractivity contribution in [2.45, 2.75) is 51.2 Å². The normalized spacial score (nSPS) is 17.8. The summed E-state index contributed by atoms with van der Waals surface area (Å²) in [7, 11) is 0. The minimum Gasteiger partial charge on any atom is -0.326 e. The molecule has 40 heavy (non-hydrogen) atoms. The van der Waals surface area contributed by atoms with Crippen LogP contribution < -0.4 is 5.32 Å². The second-order valence-electron chi connectivity index (χ2n) is 10.9. The Morgan fingerprint density at radius 3 is 1.90 bits per heavy atom. The summed E-state index contributed by atoms with van der Waals surface area (Å²) in [5.74, 6) is -3.50. The summed E-state index contributed by atoms with van der Waals surface area (Å²) in [6.07, 6.45) is -5.06. The highest BCUT2D eigenvalue weighted by atomic mass is 19.4. The highest BCUT2D eigenvalue weighted by molar-refractivity contribution is 6.19. The summed E-state index contributed by atoms with van der Waals surface area (Å²) in [5.41, 5.74) is -3.12. The monoisotopic (exact) mass is 548 g/mol. The van der Waals surface area contributed by atoms with Gasteiger partial charge in [0.2, 0.25) is 5.54 Å². The van der Waals surface area contributed by atoms with Gasteiger partial charge in [0.1, 0.15) is 0 Å². The molecule has 5 nitrogen and oxygen atoms in total. The topological polar surface area (TPSA) is 66.5 Å². The predicted molar refractivity (Wildman–Crippen MR) is 147 cm³/mol. The van der Waals surface area contributed by atoms with Crippen molar-refractivity contribution in [3.05, 3.63) is 118 Å². The van der Waals surface area contributed by atoms with E-state index in [0.717, 1.165) is 16.0 Å². The molecule has 0 aromatic heterocycles. The lowest BCUT2D eigenvalue weighted by Crippen LogP contribution is -2.66. The van der Waals surface area contributed by atoms with Crippen molar-refractivity contribution in [2.75, 3.05) is 6.54 Å². The van der Waals surface area contributed by atoms with Crippen molar-refractivity contribution in [1.29, 1.82) is 0 Å². The van der Waals surface area contributed by atoms with Gasteiger partial charge in [0.05, 0.1) is 5.57 Å². The molecule has 0 fully saturated rings. The summed E-state index contributed by atoms with van der Waals surface area (Å²) in [6.45, 7) is 7.12. The zero-order chi connectivity index (χ0) is 29.3. The Balaban J connectivity index is 1.80. The van der Waals surface area contributed by atoms with Crippen LogP contribution in [0.4, 0.5) is 13.2 Å². The smallest absolute Gasteiger partial charge is 0.326 e. The summed E-state index contributed by atoms with van der Waals surface area (Å²) in [5, 5.41) is 1.98. The van der Waals surface area contributed by atoms with Crippen LogP contribution in [0.25, 0.3) is 0 Å². The molecule has 0 saturated carbocycles. The van der Waals surface area contributed by atoms with E-state index in [9.17, 15) is 14.4 Å². The first kappa shape index (κ1) is 28.8. The van der Waals surface area contributed by atoms with E-state index in [1.165, 1.54) is 43.3 Å². The SMILES string of the molecule is CC1=C(C(=O)c2ccccc2)C(NC(=O)c2ccc(C(C)(C)C)cc2)(C(F)(F)F)C(=O)N1CCc1ccccc1. The molecule has 8 heteroatoms. The van der Waals surface area contributed by atoms with E-state index >= 15 is 13.2 Å². The molecule has 0 radical (unpaired) electrons. The van der Waals surface area contributed by atoms with Crippen LogP contribution in [0.15, 0.2) is 96.2 Å². The minimum atomic E-state index is -5.31. The van der Waals surface area contributed by atoms with Gasteiger partial charge < -0.3 is 10.2 Å². The standard InChI is InChI=1S/C32H31F3N2O3/c1-21-26(27(38)23-13-9-6-10-14-23)31(32(33,34)35,29(40)37(21)20-19-22-11-7-5-8-12-22)36-28(39)24-15-17-25(18-16-24)30(2,3)4/h5-18H,19-20H2,1-4H3,(H,36,39). The maximum atomic E-state index is 15.2. The van der Waals surface area contributed by atoms with Gasteiger partial charge in [0.15, 0.2) is 5.78 Å². The van der Waals surface area contributed by atoms with Gasteiger partial charge in [-0.05, 0) is 42.0 Å². The third-order valence-electron chi connectivity index (χ3n) is 7.18. The summed E-state index contributed by atoms with van der Waals surface area (Å²) < 4.78 is 45.5. The second-order valence-corrected chi connectivity index (χ2v) is 10.9. The number of carbonyl (C=O) groups excluding carboxylic acids is 3. The number of nitrogens with zero attached hydrogens (tertiary/aromatic N) is 1. The average Bonchev–Trinajstić information content (AvgIpc) is 3.13. The second kappa shape index (κ2) is 10.8. The number of halogens is 3. The zero-order valence-corrected chi connectivity index (χ0v) is 22.8. The molecule has 0 saturated heterocycles. The van der Waals surface area contributed by atoms with E-state index in [1.807, 2.05) is 32.2 Å². The number of nitrogens with one attached hydrogen (secondary N) is 1. The molecule has 1 unspecified atom stereocenters. The Kier molecular flexibility index (Phi) is 7.74. The molecule has 1 heterocycles. The number of hydrogen-bond acceptors (Lipinski definition) is 3. The molecule has 1 N–H and O–H groups in total. The van der Waals surface area contributed by atoms with Gasteiger partial charge in [0.25, 0.3) is 11.8 Å². The maximum Gasteiger partial charge on any atom is 0.425 e. The number of rotatable bonds is 7. The summed E-state index contributed by atoms with van der Waals surface area (Å²) in [6, 6.07) is 22.6. The fourth-order valence-electron chi connectivity index (χ4n) is 4.91. The number of hydrogen-bond donors (Lipinski definition) is 1. The molecule has 3 aromatic rings. The molecule has 208 valence electrons. The van der Waals surface area contributed by atoms with Crippen molar-refractivity contribution >= 4 is 17.6 Å². The summed E-state index contributed by atoms with van der Waals surface area (Å²) in [4.78, 5) is 41.8. The van der Waals surface area contributed by atoms with E-state index in [2.05, 4.69) is 0 Å². The number of amides is 2. The van der Waals surface area contributed by atoms with Crippen LogP contribution >= 0.6 is 0 Å². The van der Waals surface area contributed by atoms with Crippen molar-refractivity contribution in [2.24, 2.45) is 0 Å². The lowest BCUT2D eigenvalue weighted by Gasteiger charge is -2.33. The number of allylic oxidation sites excluding steroid dienone is 1. The highest BCUT2D eigenvalue weighted by Crippen LogP contribution is 2.46. The molecule has 1 aliphatic rings. The van der Waals surface area contributed by atoms with Gasteiger partial charge >= 0.3 is 6.18 Å². The van der Waals surface area contributed by atoms with Gasteiger partial charge in [-0.15, -0.1) is 0 Å². The molecule has 2 amide bonds. The highest BCUT2D eigenvalue weighted by Gasteiger charge is 2.70. The zero-order valence-electron chi connectivity index (χ0n) is 22.8. The Labute approximate surface area is 231 Å². The lowest BCUT2D eigenvalue weighted by molar-refractivity contribution is -0.189. The van der Waals surface area contributed by atoms with E-state index < -0.39 is 34.9 Å². The third-order valence-corrected chi connectivity index (χ3v) is 7.18. The van der Waals surface area contributed by atoms with Gasteiger partial charge in [-0.25, -0.2) is 0 Å². The van der Waals surface area contributed by atoms with Crippen LogP contribution in [0.3, 0.4) is 0 Å². The Morgan fingerprint density at radius 1 is 0.825 bits per heavy atom. The molecule has 1 atom stereocenters. The molecule has 4 rings (SSSR count). The Bertz CT molecular complexity index is 1440. The van der Waals surface area contributed by atoms with Gasteiger partial charge in [-0.2, -0.15) is 13.2 Å². The van der Waals surface area contributed by atoms with E-state index in [1.54, 1.807) is 42.5 Å². The van der Waals surface area contributed by atoms with Crippen molar-refractivity contribution in [3.8, 4) is 0 Å². The first-order valence-electron chi connectivity index (χ1n) is 12.9. The number of carbonyl (C=O) groups is 3. The van der Waals surface area contributed by atoms with Crippen LogP contribution in [0.1, 0.15) is 59.5 Å². The van der Waals surface area contributed by atoms with Crippen LogP contribution in [0.2, 0.25) is 0 Å². The van der Waals surface area contributed by atoms with Crippen LogP contribution in [0, 0.1) is 0 Å². The largest absolute Gasteiger partial charge is 0.425 e. The minimum absolute atomic E-state index is 0.0213. The number of Topliss-reactive ketones (excluding diaryl/α,β-unsaturated/α-hetero) is 1. The molecule has 0 spiro atoms. The van der Waals surface area contributed by atoms with E-state index in [-0.39, 0.29) is 35.2 Å². The molecular formula is C32H31F3N2O3. The first-order chi connectivity index (χ1) is 18.8. The third kappa shape index (κ3) is 5.30. The average molecular weight is 549 g/mol. The van der Waals surface area contributed by atoms with Gasteiger partial charge in [-0.1, -0.05) is 93.6 Å². The number of alkyl halides is 3. The Morgan fingerprint density at radius 2 is 1.38 bits per heavy atom. The first-order valence-corrected chi connectivity index (χ1v) is 12.9. The van der Waals surface area contributed by atoms with Crippen molar-refractivity contribution < 1.29 is 27.6 Å². The van der Waals surface area contributed by atoms with Crippen LogP contribution in [-0.2, 0) is 16.6 Å². The van der Waals surface area contributed by atoms with Gasteiger partial charge in [0, 0.05) is 23.4 Å². The van der Waals surface area contributed by atoms with Gasteiger partial charge in [-0.3, -0.25) is 14.4 Å². The Hall–Kier alpha value is -4.20. The fraction of sp³-hybridized carbons (Fsp3) is 0.281.